The van der Waals surface area contributed by atoms with Crippen molar-refractivity contribution in [2.24, 2.45) is 0 Å². The van der Waals surface area contributed by atoms with Crippen LogP contribution in [0.5, 0.6) is 0 Å². The van der Waals surface area contributed by atoms with Crippen LogP contribution in [0.1, 0.15) is 28.9 Å². The number of carbonyl (C=O) groups excluding carboxylic acids is 1. The molecule has 6 heteroatoms. The molecule has 0 radical (unpaired) electrons. The van der Waals surface area contributed by atoms with Crippen LogP contribution in [0, 0.1) is 5.82 Å². The molecule has 24 heavy (non-hydrogen) atoms. The van der Waals surface area contributed by atoms with E-state index in [4.69, 9.17) is 11.6 Å². The number of benzene rings is 2. The highest BCUT2D eigenvalue weighted by Crippen LogP contribution is 2.21. The molecular formula is C18H15ClFN3O. The van der Waals surface area contributed by atoms with Gasteiger partial charge < -0.3 is 5.32 Å². The third-order valence-corrected chi connectivity index (χ3v) is 3.95. The Hall–Kier alpha value is -2.66. The number of nitrogens with zero attached hydrogens (tertiary/aromatic N) is 2. The first-order chi connectivity index (χ1) is 11.5. The summed E-state index contributed by atoms with van der Waals surface area (Å²) >= 11 is 5.78. The van der Waals surface area contributed by atoms with Crippen molar-refractivity contribution in [1.29, 1.82) is 0 Å². The van der Waals surface area contributed by atoms with E-state index < -0.39 is 5.82 Å². The molecule has 0 bridgehead atoms. The first-order valence-corrected chi connectivity index (χ1v) is 7.78. The van der Waals surface area contributed by atoms with Crippen LogP contribution in [-0.4, -0.2) is 15.7 Å². The number of amides is 1. The minimum Gasteiger partial charge on any atom is -0.345 e. The van der Waals surface area contributed by atoms with Crippen LogP contribution < -0.4 is 5.32 Å². The van der Waals surface area contributed by atoms with Crippen molar-refractivity contribution < 1.29 is 9.18 Å². The summed E-state index contributed by atoms with van der Waals surface area (Å²) < 4.78 is 14.9. The van der Waals surface area contributed by atoms with Gasteiger partial charge in [-0.2, -0.15) is 5.10 Å². The molecular weight excluding hydrogens is 329 g/mol. The van der Waals surface area contributed by atoms with Crippen molar-refractivity contribution >= 4 is 17.5 Å². The number of para-hydroxylation sites is 1. The predicted octanol–water partition coefficient (Wildman–Crippen LogP) is 4.16. The van der Waals surface area contributed by atoms with E-state index in [9.17, 15) is 9.18 Å². The van der Waals surface area contributed by atoms with Gasteiger partial charge in [0.25, 0.3) is 5.91 Å². The first kappa shape index (κ1) is 16.2. The molecule has 0 aliphatic carbocycles. The van der Waals surface area contributed by atoms with E-state index in [2.05, 4.69) is 10.4 Å². The molecule has 0 aliphatic rings. The van der Waals surface area contributed by atoms with Gasteiger partial charge in [0.05, 0.1) is 28.5 Å². The molecule has 1 amide bonds. The molecule has 0 saturated heterocycles. The predicted molar refractivity (Wildman–Crippen MR) is 90.9 cm³/mol. The lowest BCUT2D eigenvalue weighted by Crippen LogP contribution is -2.26. The molecule has 1 unspecified atom stereocenters. The number of aromatic nitrogens is 2. The van der Waals surface area contributed by atoms with Crippen LogP contribution >= 0.6 is 11.6 Å². The van der Waals surface area contributed by atoms with Crippen molar-refractivity contribution in [3.8, 4) is 5.69 Å². The monoisotopic (exact) mass is 343 g/mol. The van der Waals surface area contributed by atoms with E-state index >= 15 is 0 Å². The highest BCUT2D eigenvalue weighted by molar-refractivity contribution is 6.30. The van der Waals surface area contributed by atoms with Crippen LogP contribution in [0.2, 0.25) is 5.02 Å². The minimum atomic E-state index is -0.483. The lowest BCUT2D eigenvalue weighted by atomic mass is 10.1. The molecule has 1 aromatic heterocycles. The summed E-state index contributed by atoms with van der Waals surface area (Å²) in [5, 5.41) is 7.08. The topological polar surface area (TPSA) is 46.9 Å². The van der Waals surface area contributed by atoms with E-state index in [1.165, 1.54) is 18.3 Å². The molecule has 0 fully saturated rings. The van der Waals surface area contributed by atoms with Gasteiger partial charge in [-0.3, -0.25) is 4.79 Å². The van der Waals surface area contributed by atoms with Gasteiger partial charge in [0.1, 0.15) is 5.82 Å². The van der Waals surface area contributed by atoms with Crippen molar-refractivity contribution in [2.45, 2.75) is 13.0 Å². The molecule has 1 N–H and O–H groups in total. The minimum absolute atomic E-state index is 0.0329. The summed E-state index contributed by atoms with van der Waals surface area (Å²) in [5.74, 6) is -0.742. The maximum atomic E-state index is 13.2. The van der Waals surface area contributed by atoms with Gasteiger partial charge in [-0.1, -0.05) is 35.9 Å². The van der Waals surface area contributed by atoms with Gasteiger partial charge in [0.15, 0.2) is 0 Å². The van der Waals surface area contributed by atoms with Gasteiger partial charge in [-0.15, -0.1) is 0 Å². The lowest BCUT2D eigenvalue weighted by Gasteiger charge is -2.14. The number of halogens is 2. The smallest absolute Gasteiger partial charge is 0.254 e. The highest BCUT2D eigenvalue weighted by atomic mass is 35.5. The molecule has 0 saturated carbocycles. The average Bonchev–Trinajstić information content (AvgIpc) is 3.08. The second-order valence-electron chi connectivity index (χ2n) is 5.38. The quantitative estimate of drug-likeness (QED) is 0.773. The molecule has 2 aromatic carbocycles. The maximum absolute atomic E-state index is 13.2. The van der Waals surface area contributed by atoms with Crippen LogP contribution in [0.4, 0.5) is 4.39 Å². The Morgan fingerprint density at radius 3 is 2.71 bits per heavy atom. The van der Waals surface area contributed by atoms with Crippen LogP contribution in [0.15, 0.2) is 60.9 Å². The summed E-state index contributed by atoms with van der Waals surface area (Å²) in [5.41, 5.74) is 2.04. The van der Waals surface area contributed by atoms with Crippen LogP contribution in [-0.2, 0) is 0 Å². The number of rotatable bonds is 4. The van der Waals surface area contributed by atoms with Gasteiger partial charge in [0, 0.05) is 6.20 Å². The zero-order chi connectivity index (χ0) is 17.1. The number of carbonyl (C=O) groups is 1. The molecule has 122 valence electrons. The molecule has 1 heterocycles. The molecule has 1 atom stereocenters. The van der Waals surface area contributed by atoms with Gasteiger partial charge in [0.2, 0.25) is 0 Å². The standard InChI is InChI=1S/C18H15ClFN3O/c1-12(13-7-8-17(20)16(19)9-13)22-18(24)14-10-21-23(11-14)15-5-3-2-4-6-15/h2-12H,1H3,(H,22,24). The third-order valence-electron chi connectivity index (χ3n) is 3.66. The van der Waals surface area contributed by atoms with Gasteiger partial charge in [-0.25, -0.2) is 9.07 Å². The van der Waals surface area contributed by atoms with Crippen molar-refractivity contribution in [2.75, 3.05) is 0 Å². The molecule has 3 rings (SSSR count). The Bertz CT molecular complexity index is 864. The van der Waals surface area contributed by atoms with Crippen LogP contribution in [0.25, 0.3) is 5.69 Å². The molecule has 3 aromatic rings. The average molecular weight is 344 g/mol. The Balaban J connectivity index is 1.73. The summed E-state index contributed by atoms with van der Waals surface area (Å²) in [4.78, 5) is 12.4. The van der Waals surface area contributed by atoms with E-state index in [-0.39, 0.29) is 17.0 Å². The van der Waals surface area contributed by atoms with E-state index in [1.54, 1.807) is 16.9 Å². The molecule has 0 aliphatic heterocycles. The van der Waals surface area contributed by atoms with Crippen molar-refractivity contribution in [1.82, 2.24) is 15.1 Å². The Kier molecular flexibility index (Phi) is 4.62. The largest absolute Gasteiger partial charge is 0.345 e. The van der Waals surface area contributed by atoms with Gasteiger partial charge >= 0.3 is 0 Å². The SMILES string of the molecule is CC(NC(=O)c1cnn(-c2ccccc2)c1)c1ccc(F)c(Cl)c1. The Labute approximate surface area is 143 Å². The fourth-order valence-corrected chi connectivity index (χ4v) is 2.50. The molecule has 4 nitrogen and oxygen atoms in total. The number of hydrogen-bond acceptors (Lipinski definition) is 2. The fraction of sp³-hybridized carbons (Fsp3) is 0.111. The van der Waals surface area contributed by atoms with Crippen molar-refractivity contribution in [3.05, 3.63) is 82.9 Å². The third kappa shape index (κ3) is 3.46. The highest BCUT2D eigenvalue weighted by Gasteiger charge is 2.14. The zero-order valence-corrected chi connectivity index (χ0v) is 13.7. The Morgan fingerprint density at radius 1 is 1.25 bits per heavy atom. The number of nitrogens with one attached hydrogen (secondary N) is 1. The summed E-state index contributed by atoms with van der Waals surface area (Å²) in [6.45, 7) is 1.81. The second kappa shape index (κ2) is 6.84. The summed E-state index contributed by atoms with van der Waals surface area (Å²) in [6.07, 6.45) is 3.17. The lowest BCUT2D eigenvalue weighted by molar-refractivity contribution is 0.0940. The second-order valence-corrected chi connectivity index (χ2v) is 5.79. The van der Waals surface area contributed by atoms with E-state index in [0.717, 1.165) is 11.3 Å². The fourth-order valence-electron chi connectivity index (χ4n) is 2.31. The maximum Gasteiger partial charge on any atom is 0.254 e. The normalized spacial score (nSPS) is 12.0. The van der Waals surface area contributed by atoms with E-state index in [1.807, 2.05) is 37.3 Å². The first-order valence-electron chi connectivity index (χ1n) is 7.40. The number of hydrogen-bond donors (Lipinski definition) is 1. The van der Waals surface area contributed by atoms with Gasteiger partial charge in [-0.05, 0) is 36.8 Å². The van der Waals surface area contributed by atoms with Crippen molar-refractivity contribution in [3.63, 3.8) is 0 Å². The summed E-state index contributed by atoms with van der Waals surface area (Å²) in [6, 6.07) is 13.6. The molecule has 0 spiro atoms. The summed E-state index contributed by atoms with van der Waals surface area (Å²) in [7, 11) is 0. The van der Waals surface area contributed by atoms with E-state index in [0.29, 0.717) is 5.56 Å². The van der Waals surface area contributed by atoms with Crippen LogP contribution in [0.3, 0.4) is 0 Å². The Morgan fingerprint density at radius 2 is 2.00 bits per heavy atom. The zero-order valence-electron chi connectivity index (χ0n) is 12.9.